The quantitative estimate of drug-likeness (QED) is 0.0837. The van der Waals surface area contributed by atoms with E-state index in [1.54, 1.807) is 12.1 Å². The maximum Gasteiger partial charge on any atom is 0.343 e. The Kier molecular flexibility index (Phi) is 7.88. The number of fused-ring (bicyclic) bond motifs is 1. The number of nitro benzene ring substituents is 1. The summed E-state index contributed by atoms with van der Waals surface area (Å²) in [5, 5.41) is 14.7. The molecule has 1 amide bonds. The van der Waals surface area contributed by atoms with Crippen LogP contribution in [-0.4, -0.2) is 40.9 Å². The van der Waals surface area contributed by atoms with E-state index in [0.717, 1.165) is 14.6 Å². The van der Waals surface area contributed by atoms with Gasteiger partial charge < -0.3 is 9.47 Å². The van der Waals surface area contributed by atoms with Crippen molar-refractivity contribution in [3.05, 3.63) is 88.0 Å². The number of esters is 1. The minimum absolute atomic E-state index is 0.129. The van der Waals surface area contributed by atoms with Gasteiger partial charge in [-0.3, -0.25) is 14.9 Å². The standard InChI is InChI=1S/C24H18N4O6S2/c1-33-20-12-15(6-11-19(20)34-23(30)16-7-9-17(10-8-16)28(31)32)13-25-27-22(29)14-35-24-26-18-4-2-3-5-21(18)36-24/h2-13H,14H2,1H3,(H,27,29)/b25-13+. The fourth-order valence-corrected chi connectivity index (χ4v) is 4.84. The molecule has 12 heteroatoms. The summed E-state index contributed by atoms with van der Waals surface area (Å²) in [5.74, 6) is -0.377. The van der Waals surface area contributed by atoms with Crippen molar-refractivity contribution in [2.45, 2.75) is 4.34 Å². The third-order valence-corrected chi connectivity index (χ3v) is 6.89. The molecule has 36 heavy (non-hydrogen) atoms. The van der Waals surface area contributed by atoms with Crippen molar-refractivity contribution in [3.63, 3.8) is 0 Å². The van der Waals surface area contributed by atoms with Crippen molar-refractivity contribution in [2.75, 3.05) is 12.9 Å². The van der Waals surface area contributed by atoms with Crippen LogP contribution in [-0.2, 0) is 4.79 Å². The number of thioether (sulfide) groups is 1. The molecule has 1 aromatic heterocycles. The first-order chi connectivity index (χ1) is 17.4. The largest absolute Gasteiger partial charge is 0.493 e. The molecule has 1 heterocycles. The Balaban J connectivity index is 1.32. The van der Waals surface area contributed by atoms with E-state index in [1.165, 1.54) is 66.8 Å². The number of carbonyl (C=O) groups is 2. The van der Waals surface area contributed by atoms with E-state index in [9.17, 15) is 19.7 Å². The Bertz CT molecular complexity index is 1420. The summed E-state index contributed by atoms with van der Waals surface area (Å²) in [5.41, 5.74) is 3.99. The monoisotopic (exact) mass is 522 g/mol. The Morgan fingerprint density at radius 2 is 1.92 bits per heavy atom. The van der Waals surface area contributed by atoms with Gasteiger partial charge in [-0.25, -0.2) is 15.2 Å². The number of hydrogen-bond acceptors (Lipinski definition) is 10. The first-order valence-corrected chi connectivity index (χ1v) is 12.2. The zero-order valence-corrected chi connectivity index (χ0v) is 20.4. The predicted octanol–water partition coefficient (Wildman–Crippen LogP) is 4.67. The van der Waals surface area contributed by atoms with Crippen LogP contribution in [0.1, 0.15) is 15.9 Å². The highest BCUT2D eigenvalue weighted by atomic mass is 32.2. The maximum absolute atomic E-state index is 12.4. The second-order valence-corrected chi connectivity index (χ2v) is 9.39. The molecule has 0 aliphatic carbocycles. The number of nitrogens with one attached hydrogen (secondary N) is 1. The van der Waals surface area contributed by atoms with Crippen molar-refractivity contribution in [2.24, 2.45) is 5.10 Å². The number of nitro groups is 1. The summed E-state index contributed by atoms with van der Waals surface area (Å²) in [6.45, 7) is 0. The normalized spacial score (nSPS) is 10.9. The molecule has 0 radical (unpaired) electrons. The van der Waals surface area contributed by atoms with Gasteiger partial charge in [-0.15, -0.1) is 11.3 Å². The van der Waals surface area contributed by atoms with Crippen molar-refractivity contribution < 1.29 is 24.0 Å². The summed E-state index contributed by atoms with van der Waals surface area (Å²) in [6.07, 6.45) is 1.44. The third kappa shape index (κ3) is 6.23. The third-order valence-electron chi connectivity index (χ3n) is 4.71. The van der Waals surface area contributed by atoms with Crippen molar-refractivity contribution in [3.8, 4) is 11.5 Å². The highest BCUT2D eigenvalue weighted by Crippen LogP contribution is 2.30. The molecule has 4 rings (SSSR count). The van der Waals surface area contributed by atoms with Crippen LogP contribution in [0.15, 0.2) is 76.2 Å². The van der Waals surface area contributed by atoms with E-state index in [4.69, 9.17) is 9.47 Å². The number of thiazole rings is 1. The van der Waals surface area contributed by atoms with Gasteiger partial charge in [-0.05, 0) is 48.0 Å². The predicted molar refractivity (Wildman–Crippen MR) is 137 cm³/mol. The van der Waals surface area contributed by atoms with Crippen LogP contribution < -0.4 is 14.9 Å². The number of methoxy groups -OCH3 is 1. The fourth-order valence-electron chi connectivity index (χ4n) is 2.98. The lowest BCUT2D eigenvalue weighted by atomic mass is 10.2. The minimum Gasteiger partial charge on any atom is -0.493 e. The van der Waals surface area contributed by atoms with Gasteiger partial charge in [0, 0.05) is 12.1 Å². The number of hydrazone groups is 1. The van der Waals surface area contributed by atoms with Crippen LogP contribution in [0.3, 0.4) is 0 Å². The van der Waals surface area contributed by atoms with Crippen LogP contribution in [0.5, 0.6) is 11.5 Å². The lowest BCUT2D eigenvalue weighted by molar-refractivity contribution is -0.384. The molecule has 1 N–H and O–H groups in total. The van der Waals surface area contributed by atoms with Crippen LogP contribution in [0.4, 0.5) is 5.69 Å². The van der Waals surface area contributed by atoms with Gasteiger partial charge >= 0.3 is 5.97 Å². The molecule has 0 aliphatic heterocycles. The summed E-state index contributed by atoms with van der Waals surface area (Å²) >= 11 is 2.86. The molecular weight excluding hydrogens is 504 g/mol. The number of hydrogen-bond donors (Lipinski definition) is 1. The first kappa shape index (κ1) is 24.8. The summed E-state index contributed by atoms with van der Waals surface area (Å²) in [4.78, 5) is 39.2. The zero-order chi connectivity index (χ0) is 25.5. The summed E-state index contributed by atoms with van der Waals surface area (Å²) in [7, 11) is 1.42. The lowest BCUT2D eigenvalue weighted by Crippen LogP contribution is -2.19. The van der Waals surface area contributed by atoms with Crippen LogP contribution in [0.2, 0.25) is 0 Å². The van der Waals surface area contributed by atoms with Crippen LogP contribution >= 0.6 is 23.1 Å². The second-order valence-electron chi connectivity index (χ2n) is 7.13. The van der Waals surface area contributed by atoms with E-state index in [1.807, 2.05) is 24.3 Å². The molecule has 0 spiro atoms. The molecular formula is C24H18N4O6S2. The van der Waals surface area contributed by atoms with E-state index in [2.05, 4.69) is 15.5 Å². The molecule has 10 nitrogen and oxygen atoms in total. The number of ether oxygens (including phenoxy) is 2. The molecule has 4 aromatic rings. The number of benzene rings is 3. The van der Waals surface area contributed by atoms with E-state index < -0.39 is 10.9 Å². The molecule has 0 atom stereocenters. The van der Waals surface area contributed by atoms with Gasteiger partial charge in [-0.2, -0.15) is 5.10 Å². The Morgan fingerprint density at radius 1 is 1.14 bits per heavy atom. The lowest BCUT2D eigenvalue weighted by Gasteiger charge is -2.10. The molecule has 0 bridgehead atoms. The van der Waals surface area contributed by atoms with E-state index in [0.29, 0.717) is 5.56 Å². The van der Waals surface area contributed by atoms with Crippen LogP contribution in [0.25, 0.3) is 10.2 Å². The zero-order valence-electron chi connectivity index (χ0n) is 18.7. The Hall–Kier alpha value is -4.29. The van der Waals surface area contributed by atoms with Gasteiger partial charge in [0.15, 0.2) is 15.8 Å². The van der Waals surface area contributed by atoms with E-state index in [-0.39, 0.29) is 34.4 Å². The fraction of sp³-hybridized carbons (Fsp3) is 0.0833. The highest BCUT2D eigenvalue weighted by molar-refractivity contribution is 8.01. The SMILES string of the molecule is COc1cc(/C=N/NC(=O)CSc2nc3ccccc3s2)ccc1OC(=O)c1ccc([N+](=O)[O-])cc1. The van der Waals surface area contributed by atoms with Gasteiger partial charge in [0.2, 0.25) is 0 Å². The van der Waals surface area contributed by atoms with Crippen LogP contribution in [0, 0.1) is 10.1 Å². The van der Waals surface area contributed by atoms with E-state index >= 15 is 0 Å². The van der Waals surface area contributed by atoms with Crippen molar-refractivity contribution in [1.82, 2.24) is 10.4 Å². The van der Waals surface area contributed by atoms with Gasteiger partial charge in [0.25, 0.3) is 11.6 Å². The summed E-state index contributed by atoms with van der Waals surface area (Å²) in [6, 6.07) is 17.6. The number of non-ortho nitro benzene ring substituents is 1. The van der Waals surface area contributed by atoms with Crippen molar-refractivity contribution >= 4 is 57.1 Å². The molecule has 0 aliphatic rings. The average molecular weight is 523 g/mol. The molecule has 3 aromatic carbocycles. The topological polar surface area (TPSA) is 133 Å². The molecule has 182 valence electrons. The number of nitrogens with zero attached hydrogens (tertiary/aromatic N) is 3. The number of carbonyl (C=O) groups excluding carboxylic acids is 2. The smallest absolute Gasteiger partial charge is 0.343 e. The number of para-hydroxylation sites is 1. The Labute approximate surface area is 213 Å². The Morgan fingerprint density at radius 3 is 2.64 bits per heavy atom. The average Bonchev–Trinajstić information content (AvgIpc) is 3.31. The van der Waals surface area contributed by atoms with Gasteiger partial charge in [-0.1, -0.05) is 23.9 Å². The first-order valence-electron chi connectivity index (χ1n) is 10.4. The minimum atomic E-state index is -0.692. The molecule has 0 saturated carbocycles. The number of aromatic nitrogens is 1. The number of amides is 1. The molecule has 0 fully saturated rings. The molecule has 0 unspecified atom stereocenters. The second kappa shape index (κ2) is 11.4. The van der Waals surface area contributed by atoms with Crippen molar-refractivity contribution in [1.29, 1.82) is 0 Å². The highest BCUT2D eigenvalue weighted by Gasteiger charge is 2.14. The maximum atomic E-state index is 12.4. The van der Waals surface area contributed by atoms with Gasteiger partial charge in [0.05, 0.1) is 39.8 Å². The summed E-state index contributed by atoms with van der Waals surface area (Å²) < 4.78 is 12.5. The number of rotatable bonds is 9. The van der Waals surface area contributed by atoms with Gasteiger partial charge in [0.1, 0.15) is 0 Å². The molecule has 0 saturated heterocycles.